The largest absolute Gasteiger partial charge is 0.309 e. The second-order valence-electron chi connectivity index (χ2n) is 7.77. The van der Waals surface area contributed by atoms with Crippen molar-refractivity contribution in [3.63, 3.8) is 0 Å². The Hall–Kier alpha value is -2.97. The average Bonchev–Trinajstić information content (AvgIpc) is 3.14. The number of aromatic nitrogens is 3. The van der Waals surface area contributed by atoms with E-state index in [1.165, 1.54) is 12.1 Å². The third-order valence-corrected chi connectivity index (χ3v) is 6.90. The summed E-state index contributed by atoms with van der Waals surface area (Å²) in [5.41, 5.74) is 2.52. The maximum Gasteiger partial charge on any atom is 0.262 e. The molecule has 8 heteroatoms. The standard InChI is InChI=1S/C23H20F2N4OS/c24-16-2-1-15(19(25)9-16)11-27-17-3-4-18-20(10-17)31-22-21(18)23(30)29(13-28-22)12-14-5-7-26-8-6-14/h1-2,5-9,13,17,27H,3-4,10-12H2/t17-/m1/s1. The van der Waals surface area contributed by atoms with E-state index < -0.39 is 11.6 Å². The third kappa shape index (κ3) is 4.00. The number of aryl methyl sites for hydroxylation is 1. The lowest BCUT2D eigenvalue weighted by molar-refractivity contribution is 0.454. The Morgan fingerprint density at radius 3 is 2.84 bits per heavy atom. The highest BCUT2D eigenvalue weighted by molar-refractivity contribution is 7.18. The van der Waals surface area contributed by atoms with Crippen LogP contribution in [0.4, 0.5) is 8.78 Å². The average molecular weight is 439 g/mol. The molecular weight excluding hydrogens is 418 g/mol. The minimum Gasteiger partial charge on any atom is -0.309 e. The van der Waals surface area contributed by atoms with Gasteiger partial charge >= 0.3 is 0 Å². The van der Waals surface area contributed by atoms with Crippen LogP contribution in [0.1, 0.15) is 28.0 Å². The minimum absolute atomic E-state index is 0.0147. The monoisotopic (exact) mass is 438 g/mol. The van der Waals surface area contributed by atoms with Gasteiger partial charge in [-0.3, -0.25) is 14.3 Å². The van der Waals surface area contributed by atoms with Crippen LogP contribution in [-0.4, -0.2) is 20.6 Å². The third-order valence-electron chi connectivity index (χ3n) is 5.73. The van der Waals surface area contributed by atoms with Crippen LogP contribution in [0.25, 0.3) is 10.2 Å². The second kappa shape index (κ2) is 8.28. The first kappa shape index (κ1) is 20.0. The van der Waals surface area contributed by atoms with Crippen molar-refractivity contribution in [2.24, 2.45) is 0 Å². The number of hydrogen-bond donors (Lipinski definition) is 1. The highest BCUT2D eigenvalue weighted by Gasteiger charge is 2.25. The van der Waals surface area contributed by atoms with Crippen LogP contribution in [0.15, 0.2) is 53.8 Å². The predicted octanol–water partition coefficient (Wildman–Crippen LogP) is 3.83. The Morgan fingerprint density at radius 2 is 2.03 bits per heavy atom. The molecule has 0 spiro atoms. The van der Waals surface area contributed by atoms with Gasteiger partial charge in [0.15, 0.2) is 0 Å². The molecule has 3 aromatic heterocycles. The van der Waals surface area contributed by atoms with Gasteiger partial charge in [0.1, 0.15) is 16.5 Å². The SMILES string of the molecule is O=c1c2c3c(sc2ncn1Cc1ccncc1)C[C@H](NCc1ccc(F)cc1F)CC3. The molecular formula is C23H20F2N4OS. The first-order valence-corrected chi connectivity index (χ1v) is 11.0. The van der Waals surface area contributed by atoms with Crippen LogP contribution >= 0.6 is 11.3 Å². The number of fused-ring (bicyclic) bond motifs is 3. The van der Waals surface area contributed by atoms with Crippen LogP contribution in [0, 0.1) is 11.6 Å². The van der Waals surface area contributed by atoms with Gasteiger partial charge in [0.05, 0.1) is 18.3 Å². The molecule has 0 saturated heterocycles. The molecule has 3 heterocycles. The van der Waals surface area contributed by atoms with E-state index in [1.807, 2.05) is 12.1 Å². The molecule has 0 saturated carbocycles. The van der Waals surface area contributed by atoms with Gasteiger partial charge in [0, 0.05) is 41.5 Å². The van der Waals surface area contributed by atoms with E-state index in [0.717, 1.165) is 51.5 Å². The minimum atomic E-state index is -0.573. The van der Waals surface area contributed by atoms with Gasteiger partial charge in [-0.1, -0.05) is 6.07 Å². The van der Waals surface area contributed by atoms with Gasteiger partial charge in [-0.25, -0.2) is 13.8 Å². The Labute approximate surface area is 181 Å². The Morgan fingerprint density at radius 1 is 1.19 bits per heavy atom. The number of benzene rings is 1. The molecule has 1 N–H and O–H groups in total. The van der Waals surface area contributed by atoms with Gasteiger partial charge < -0.3 is 5.32 Å². The zero-order chi connectivity index (χ0) is 21.4. The van der Waals surface area contributed by atoms with Crippen molar-refractivity contribution in [3.8, 4) is 0 Å². The lowest BCUT2D eigenvalue weighted by Crippen LogP contribution is -2.34. The van der Waals surface area contributed by atoms with Gasteiger partial charge in [-0.15, -0.1) is 11.3 Å². The van der Waals surface area contributed by atoms with Crippen molar-refractivity contribution < 1.29 is 8.78 Å². The fraction of sp³-hybridized carbons (Fsp3) is 0.261. The summed E-state index contributed by atoms with van der Waals surface area (Å²) in [7, 11) is 0. The summed E-state index contributed by atoms with van der Waals surface area (Å²) in [4.78, 5) is 23.6. The zero-order valence-corrected chi connectivity index (χ0v) is 17.5. The molecule has 0 radical (unpaired) electrons. The molecule has 31 heavy (non-hydrogen) atoms. The van der Waals surface area contributed by atoms with Crippen molar-refractivity contribution in [3.05, 3.63) is 92.6 Å². The van der Waals surface area contributed by atoms with E-state index in [9.17, 15) is 13.6 Å². The Kier molecular flexibility index (Phi) is 5.33. The molecule has 0 bridgehead atoms. The topological polar surface area (TPSA) is 59.8 Å². The van der Waals surface area contributed by atoms with Gasteiger partial charge in [0.25, 0.3) is 5.56 Å². The summed E-state index contributed by atoms with van der Waals surface area (Å²) in [5.74, 6) is -1.11. The quantitative estimate of drug-likeness (QED) is 0.515. The smallest absolute Gasteiger partial charge is 0.262 e. The lowest BCUT2D eigenvalue weighted by Gasteiger charge is -2.23. The number of thiophene rings is 1. The number of nitrogens with zero attached hydrogens (tertiary/aromatic N) is 3. The Balaban J connectivity index is 1.36. The first-order chi connectivity index (χ1) is 15.1. The summed E-state index contributed by atoms with van der Waals surface area (Å²) in [6.45, 7) is 0.802. The molecule has 0 amide bonds. The molecule has 5 nitrogen and oxygen atoms in total. The van der Waals surface area contributed by atoms with Crippen molar-refractivity contribution in [1.82, 2.24) is 19.9 Å². The van der Waals surface area contributed by atoms with E-state index >= 15 is 0 Å². The fourth-order valence-corrected chi connectivity index (χ4v) is 5.35. The van der Waals surface area contributed by atoms with Crippen molar-refractivity contribution in [2.45, 2.75) is 38.4 Å². The summed E-state index contributed by atoms with van der Waals surface area (Å²) < 4.78 is 28.6. The number of pyridine rings is 1. The second-order valence-corrected chi connectivity index (χ2v) is 8.86. The predicted molar refractivity (Wildman–Crippen MR) is 116 cm³/mol. The molecule has 0 aliphatic heterocycles. The molecule has 4 aromatic rings. The van der Waals surface area contributed by atoms with Crippen LogP contribution in [-0.2, 0) is 25.9 Å². The Bertz CT molecular complexity index is 1300. The summed E-state index contributed by atoms with van der Waals surface area (Å²) in [6.07, 6.45) is 7.42. The maximum atomic E-state index is 13.9. The van der Waals surface area contributed by atoms with E-state index in [2.05, 4.69) is 15.3 Å². The molecule has 1 atom stereocenters. The summed E-state index contributed by atoms with van der Waals surface area (Å²) in [6, 6.07) is 7.60. The van der Waals surface area contributed by atoms with Crippen molar-refractivity contribution in [2.75, 3.05) is 0 Å². The molecule has 158 valence electrons. The summed E-state index contributed by atoms with van der Waals surface area (Å²) >= 11 is 1.56. The van der Waals surface area contributed by atoms with Crippen molar-refractivity contribution >= 4 is 21.6 Å². The number of hydrogen-bond acceptors (Lipinski definition) is 5. The van der Waals surface area contributed by atoms with Gasteiger partial charge in [-0.2, -0.15) is 0 Å². The number of halogens is 2. The fourth-order valence-electron chi connectivity index (χ4n) is 4.09. The van der Waals surface area contributed by atoms with Gasteiger partial charge in [-0.05, 0) is 48.6 Å². The normalized spacial score (nSPS) is 15.9. The van der Waals surface area contributed by atoms with Crippen LogP contribution < -0.4 is 10.9 Å². The molecule has 1 aliphatic rings. The lowest BCUT2D eigenvalue weighted by atomic mass is 9.93. The van der Waals surface area contributed by atoms with Gasteiger partial charge in [0.2, 0.25) is 0 Å². The number of nitrogens with one attached hydrogen (secondary N) is 1. The van der Waals surface area contributed by atoms with Crippen LogP contribution in [0.2, 0.25) is 0 Å². The molecule has 0 fully saturated rings. The van der Waals surface area contributed by atoms with E-state index in [1.54, 1.807) is 34.6 Å². The molecule has 5 rings (SSSR count). The molecule has 0 unspecified atom stereocenters. The highest BCUT2D eigenvalue weighted by atomic mass is 32.1. The van der Waals surface area contributed by atoms with Crippen molar-refractivity contribution in [1.29, 1.82) is 0 Å². The molecule has 1 aromatic carbocycles. The van der Waals surface area contributed by atoms with E-state index in [-0.39, 0.29) is 11.6 Å². The maximum absolute atomic E-state index is 13.9. The van der Waals surface area contributed by atoms with E-state index in [4.69, 9.17) is 0 Å². The zero-order valence-electron chi connectivity index (χ0n) is 16.6. The first-order valence-electron chi connectivity index (χ1n) is 10.1. The summed E-state index contributed by atoms with van der Waals surface area (Å²) in [5, 5.41) is 4.10. The highest BCUT2D eigenvalue weighted by Crippen LogP contribution is 2.33. The van der Waals surface area contributed by atoms with Crippen LogP contribution in [0.3, 0.4) is 0 Å². The molecule has 1 aliphatic carbocycles. The van der Waals surface area contributed by atoms with Crippen LogP contribution in [0.5, 0.6) is 0 Å². The number of rotatable bonds is 5. The van der Waals surface area contributed by atoms with E-state index in [0.29, 0.717) is 18.7 Å².